The van der Waals surface area contributed by atoms with Crippen molar-refractivity contribution in [2.45, 2.75) is 37.5 Å². The van der Waals surface area contributed by atoms with Crippen LogP contribution in [0.15, 0.2) is 24.3 Å². The first kappa shape index (κ1) is 15.0. The molecule has 0 aromatic heterocycles. The van der Waals surface area contributed by atoms with Crippen molar-refractivity contribution in [1.82, 2.24) is 10.6 Å². The molecule has 0 aliphatic carbocycles. The SMILES string of the molecule is O=C1CCC(Oc2ccc(C3CCNCC3F)cc2)C(=O)N1. The number of rotatable bonds is 3. The second-order valence-corrected chi connectivity index (χ2v) is 5.74. The Hall–Kier alpha value is -1.95. The fraction of sp³-hybridized carbons (Fsp3) is 0.500. The van der Waals surface area contributed by atoms with E-state index < -0.39 is 18.2 Å². The van der Waals surface area contributed by atoms with Crippen molar-refractivity contribution >= 4 is 11.8 Å². The highest BCUT2D eigenvalue weighted by atomic mass is 19.1. The molecule has 2 amide bonds. The fourth-order valence-electron chi connectivity index (χ4n) is 2.94. The lowest BCUT2D eigenvalue weighted by Crippen LogP contribution is -2.46. The molecule has 22 heavy (non-hydrogen) atoms. The molecule has 0 radical (unpaired) electrons. The van der Waals surface area contributed by atoms with Crippen LogP contribution in [0.2, 0.25) is 0 Å². The number of amides is 2. The van der Waals surface area contributed by atoms with Crippen LogP contribution >= 0.6 is 0 Å². The Kier molecular flexibility index (Phi) is 4.38. The van der Waals surface area contributed by atoms with Crippen molar-refractivity contribution in [1.29, 1.82) is 0 Å². The Morgan fingerprint density at radius 1 is 1.14 bits per heavy atom. The largest absolute Gasteiger partial charge is 0.481 e. The third kappa shape index (κ3) is 3.27. The molecule has 2 heterocycles. The number of carbonyl (C=O) groups excluding carboxylic acids is 2. The van der Waals surface area contributed by atoms with E-state index in [1.165, 1.54) is 0 Å². The Labute approximate surface area is 128 Å². The van der Waals surface area contributed by atoms with E-state index >= 15 is 0 Å². The van der Waals surface area contributed by atoms with Gasteiger partial charge in [0.15, 0.2) is 6.10 Å². The van der Waals surface area contributed by atoms with E-state index in [4.69, 9.17) is 4.74 Å². The topological polar surface area (TPSA) is 67.4 Å². The average Bonchev–Trinajstić information content (AvgIpc) is 2.51. The zero-order chi connectivity index (χ0) is 15.5. The molecule has 2 fully saturated rings. The standard InChI is InChI=1S/C16H19FN2O3/c17-13-9-18-8-7-12(13)10-1-3-11(4-2-10)22-14-5-6-15(20)19-16(14)21/h1-4,12-14,18H,5-9H2,(H,19,20,21). The van der Waals surface area contributed by atoms with Crippen LogP contribution in [0.5, 0.6) is 5.75 Å². The number of alkyl halides is 1. The lowest BCUT2D eigenvalue weighted by molar-refractivity contribution is -0.138. The molecule has 2 aliphatic rings. The number of hydrogen-bond acceptors (Lipinski definition) is 4. The van der Waals surface area contributed by atoms with E-state index in [9.17, 15) is 14.0 Å². The van der Waals surface area contributed by atoms with Crippen molar-refractivity contribution in [2.24, 2.45) is 0 Å². The number of piperidine rings is 2. The van der Waals surface area contributed by atoms with Crippen LogP contribution in [0.4, 0.5) is 4.39 Å². The summed E-state index contributed by atoms with van der Waals surface area (Å²) < 4.78 is 19.5. The molecule has 5 nitrogen and oxygen atoms in total. The molecule has 2 aliphatic heterocycles. The molecule has 2 saturated heterocycles. The monoisotopic (exact) mass is 306 g/mol. The molecule has 118 valence electrons. The zero-order valence-corrected chi connectivity index (χ0v) is 12.2. The summed E-state index contributed by atoms with van der Waals surface area (Å²) in [6, 6.07) is 7.22. The van der Waals surface area contributed by atoms with Crippen molar-refractivity contribution < 1.29 is 18.7 Å². The first-order chi connectivity index (χ1) is 10.6. The molecular weight excluding hydrogens is 287 g/mol. The van der Waals surface area contributed by atoms with Gasteiger partial charge in [-0.1, -0.05) is 12.1 Å². The summed E-state index contributed by atoms with van der Waals surface area (Å²) in [5.41, 5.74) is 0.949. The van der Waals surface area contributed by atoms with Crippen LogP contribution in [-0.4, -0.2) is 37.2 Å². The number of hydrogen-bond donors (Lipinski definition) is 2. The van der Waals surface area contributed by atoms with Crippen LogP contribution in [-0.2, 0) is 9.59 Å². The summed E-state index contributed by atoms with van der Waals surface area (Å²) in [6.07, 6.45) is -0.0819. The molecule has 2 N–H and O–H groups in total. The summed E-state index contributed by atoms with van der Waals surface area (Å²) in [5, 5.41) is 5.30. The number of nitrogens with one attached hydrogen (secondary N) is 2. The maximum Gasteiger partial charge on any atom is 0.267 e. The third-order valence-corrected chi connectivity index (χ3v) is 4.18. The van der Waals surface area contributed by atoms with Gasteiger partial charge in [0, 0.05) is 25.3 Å². The smallest absolute Gasteiger partial charge is 0.267 e. The van der Waals surface area contributed by atoms with Crippen LogP contribution in [0, 0.1) is 0 Å². The number of benzene rings is 1. The van der Waals surface area contributed by atoms with E-state index in [1.807, 2.05) is 12.1 Å². The predicted octanol–water partition coefficient (Wildman–Crippen LogP) is 1.29. The van der Waals surface area contributed by atoms with Crippen LogP contribution in [0.1, 0.15) is 30.7 Å². The molecule has 0 bridgehead atoms. The van der Waals surface area contributed by atoms with Gasteiger partial charge in [-0.3, -0.25) is 14.9 Å². The van der Waals surface area contributed by atoms with E-state index in [2.05, 4.69) is 10.6 Å². The van der Waals surface area contributed by atoms with Crippen LogP contribution in [0.25, 0.3) is 0 Å². The Morgan fingerprint density at radius 2 is 1.91 bits per heavy atom. The van der Waals surface area contributed by atoms with Crippen LogP contribution in [0.3, 0.4) is 0 Å². The lowest BCUT2D eigenvalue weighted by atomic mass is 9.89. The summed E-state index contributed by atoms with van der Waals surface area (Å²) in [7, 11) is 0. The molecule has 3 unspecified atom stereocenters. The second-order valence-electron chi connectivity index (χ2n) is 5.74. The van der Waals surface area contributed by atoms with E-state index in [0.717, 1.165) is 18.5 Å². The first-order valence-corrected chi connectivity index (χ1v) is 7.58. The van der Waals surface area contributed by atoms with Gasteiger partial charge < -0.3 is 10.1 Å². The van der Waals surface area contributed by atoms with Crippen molar-refractivity contribution in [3.8, 4) is 5.75 Å². The quantitative estimate of drug-likeness (QED) is 0.826. The minimum Gasteiger partial charge on any atom is -0.481 e. The summed E-state index contributed by atoms with van der Waals surface area (Å²) in [5.74, 6) is -0.198. The number of halogens is 1. The predicted molar refractivity (Wildman–Crippen MR) is 78.4 cm³/mol. The van der Waals surface area contributed by atoms with E-state index in [-0.39, 0.29) is 18.2 Å². The maximum absolute atomic E-state index is 13.9. The Morgan fingerprint density at radius 3 is 2.59 bits per heavy atom. The zero-order valence-electron chi connectivity index (χ0n) is 12.2. The molecule has 0 spiro atoms. The highest BCUT2D eigenvalue weighted by molar-refractivity contribution is 5.99. The van der Waals surface area contributed by atoms with Gasteiger partial charge in [0.1, 0.15) is 11.9 Å². The number of ether oxygens (including phenoxy) is 1. The fourth-order valence-corrected chi connectivity index (χ4v) is 2.94. The minimum atomic E-state index is -0.879. The molecule has 6 heteroatoms. The summed E-state index contributed by atoms with van der Waals surface area (Å²) in [4.78, 5) is 22.7. The van der Waals surface area contributed by atoms with Gasteiger partial charge >= 0.3 is 0 Å². The van der Waals surface area contributed by atoms with Crippen molar-refractivity contribution in [3.05, 3.63) is 29.8 Å². The minimum absolute atomic E-state index is 0.0918. The average molecular weight is 306 g/mol. The van der Waals surface area contributed by atoms with Gasteiger partial charge in [0.2, 0.25) is 5.91 Å². The van der Waals surface area contributed by atoms with E-state index in [0.29, 0.717) is 18.7 Å². The molecule has 1 aromatic rings. The Balaban J connectivity index is 1.64. The first-order valence-electron chi connectivity index (χ1n) is 7.58. The van der Waals surface area contributed by atoms with E-state index in [1.54, 1.807) is 12.1 Å². The molecule has 3 rings (SSSR count). The summed E-state index contributed by atoms with van der Waals surface area (Å²) >= 11 is 0. The molecule has 1 aromatic carbocycles. The van der Waals surface area contributed by atoms with Gasteiger partial charge in [0.05, 0.1) is 0 Å². The third-order valence-electron chi connectivity index (χ3n) is 4.18. The van der Waals surface area contributed by atoms with Crippen molar-refractivity contribution in [3.63, 3.8) is 0 Å². The van der Waals surface area contributed by atoms with Gasteiger partial charge in [-0.2, -0.15) is 0 Å². The van der Waals surface area contributed by atoms with Crippen molar-refractivity contribution in [2.75, 3.05) is 13.1 Å². The Bertz CT molecular complexity index is 561. The molecule has 3 atom stereocenters. The normalized spacial score (nSPS) is 29.0. The van der Waals surface area contributed by atoms with Gasteiger partial charge in [-0.15, -0.1) is 0 Å². The highest BCUT2D eigenvalue weighted by Crippen LogP contribution is 2.29. The molecule has 0 saturated carbocycles. The number of carbonyl (C=O) groups is 2. The summed E-state index contributed by atoms with van der Waals surface area (Å²) in [6.45, 7) is 1.21. The number of imide groups is 1. The highest BCUT2D eigenvalue weighted by Gasteiger charge is 2.29. The van der Waals surface area contributed by atoms with Gasteiger partial charge in [0.25, 0.3) is 5.91 Å². The van der Waals surface area contributed by atoms with Gasteiger partial charge in [-0.05, 0) is 30.7 Å². The second kappa shape index (κ2) is 6.44. The maximum atomic E-state index is 13.9. The lowest BCUT2D eigenvalue weighted by Gasteiger charge is -2.27. The molecular formula is C16H19FN2O3. The van der Waals surface area contributed by atoms with Gasteiger partial charge in [-0.25, -0.2) is 4.39 Å². The van der Waals surface area contributed by atoms with Crippen LogP contribution < -0.4 is 15.4 Å².